The lowest BCUT2D eigenvalue weighted by molar-refractivity contribution is 0.0692. The molecule has 0 atom stereocenters. The number of aromatic carboxylic acids is 1. The third-order valence-corrected chi connectivity index (χ3v) is 2.09. The number of anilines is 1. The van der Waals surface area contributed by atoms with Gasteiger partial charge in [0.25, 0.3) is 5.91 Å². The van der Waals surface area contributed by atoms with Crippen LogP contribution < -0.4 is 5.32 Å². The SMILES string of the molecule is O=C(O)c1cnccc1C(=O)Nc1ncccn1. The second-order valence-corrected chi connectivity index (χ2v) is 3.25. The minimum atomic E-state index is -1.22. The van der Waals surface area contributed by atoms with Gasteiger partial charge >= 0.3 is 5.97 Å². The molecule has 0 aromatic carbocycles. The summed E-state index contributed by atoms with van der Waals surface area (Å²) in [6.45, 7) is 0. The maximum Gasteiger partial charge on any atom is 0.338 e. The molecule has 2 heterocycles. The molecule has 0 fully saturated rings. The Morgan fingerprint density at radius 2 is 1.83 bits per heavy atom. The predicted molar refractivity (Wildman–Crippen MR) is 61.2 cm³/mol. The molecule has 0 bridgehead atoms. The smallest absolute Gasteiger partial charge is 0.338 e. The van der Waals surface area contributed by atoms with Crippen LogP contribution in [0.2, 0.25) is 0 Å². The molecule has 2 aromatic rings. The Labute approximate surface area is 102 Å². The molecule has 0 radical (unpaired) electrons. The number of carbonyl (C=O) groups is 2. The number of rotatable bonds is 3. The van der Waals surface area contributed by atoms with E-state index >= 15 is 0 Å². The highest BCUT2D eigenvalue weighted by atomic mass is 16.4. The van der Waals surface area contributed by atoms with E-state index in [4.69, 9.17) is 5.11 Å². The first-order chi connectivity index (χ1) is 8.68. The van der Waals surface area contributed by atoms with Crippen molar-refractivity contribution in [3.05, 3.63) is 48.0 Å². The Morgan fingerprint density at radius 3 is 2.50 bits per heavy atom. The number of carboxylic acid groups (broad SMARTS) is 1. The average molecular weight is 244 g/mol. The zero-order valence-corrected chi connectivity index (χ0v) is 9.07. The van der Waals surface area contributed by atoms with E-state index in [0.29, 0.717) is 0 Å². The number of aromatic nitrogens is 3. The van der Waals surface area contributed by atoms with Gasteiger partial charge in [-0.25, -0.2) is 14.8 Å². The molecule has 0 spiro atoms. The van der Waals surface area contributed by atoms with Gasteiger partial charge in [0.1, 0.15) is 0 Å². The summed E-state index contributed by atoms with van der Waals surface area (Å²) in [7, 11) is 0. The standard InChI is InChI=1S/C11H8N4O3/c16-9(15-11-13-3-1-4-14-11)7-2-5-12-6-8(7)10(17)18/h1-6H,(H,17,18)(H,13,14,15,16). The van der Waals surface area contributed by atoms with Crippen molar-refractivity contribution in [2.45, 2.75) is 0 Å². The fourth-order valence-electron chi connectivity index (χ4n) is 1.30. The summed E-state index contributed by atoms with van der Waals surface area (Å²) in [6, 6.07) is 2.92. The molecule has 2 aromatic heterocycles. The molecule has 18 heavy (non-hydrogen) atoms. The lowest BCUT2D eigenvalue weighted by atomic mass is 10.1. The fourth-order valence-corrected chi connectivity index (χ4v) is 1.30. The molecule has 7 nitrogen and oxygen atoms in total. The third-order valence-electron chi connectivity index (χ3n) is 2.09. The molecular formula is C11H8N4O3. The summed E-state index contributed by atoms with van der Waals surface area (Å²) >= 11 is 0. The van der Waals surface area contributed by atoms with Gasteiger partial charge in [-0.15, -0.1) is 0 Å². The van der Waals surface area contributed by atoms with Crippen LogP contribution in [0.4, 0.5) is 5.95 Å². The van der Waals surface area contributed by atoms with Crippen LogP contribution in [0.5, 0.6) is 0 Å². The molecular weight excluding hydrogens is 236 g/mol. The lowest BCUT2D eigenvalue weighted by Crippen LogP contribution is -2.18. The second kappa shape index (κ2) is 5.00. The lowest BCUT2D eigenvalue weighted by Gasteiger charge is -2.05. The van der Waals surface area contributed by atoms with Gasteiger partial charge in [-0.2, -0.15) is 0 Å². The van der Waals surface area contributed by atoms with E-state index in [1.165, 1.54) is 24.7 Å². The molecule has 0 aliphatic carbocycles. The molecule has 0 saturated carbocycles. The Bertz CT molecular complexity index is 586. The highest BCUT2D eigenvalue weighted by Crippen LogP contribution is 2.09. The van der Waals surface area contributed by atoms with Crippen LogP contribution in [0.25, 0.3) is 0 Å². The average Bonchev–Trinajstić information content (AvgIpc) is 2.40. The quantitative estimate of drug-likeness (QED) is 0.828. The highest BCUT2D eigenvalue weighted by Gasteiger charge is 2.16. The number of amides is 1. The van der Waals surface area contributed by atoms with Crippen molar-refractivity contribution in [1.29, 1.82) is 0 Å². The summed E-state index contributed by atoms with van der Waals surface area (Å²) in [5, 5.41) is 11.3. The number of hydrogen-bond donors (Lipinski definition) is 2. The summed E-state index contributed by atoms with van der Waals surface area (Å²) in [6.07, 6.45) is 5.39. The van der Waals surface area contributed by atoms with Crippen molar-refractivity contribution in [3.8, 4) is 0 Å². The maximum atomic E-state index is 11.9. The van der Waals surface area contributed by atoms with Crippen LogP contribution in [0.3, 0.4) is 0 Å². The van der Waals surface area contributed by atoms with Crippen molar-refractivity contribution >= 4 is 17.8 Å². The Morgan fingerprint density at radius 1 is 1.11 bits per heavy atom. The summed E-state index contributed by atoms with van der Waals surface area (Å²) in [5.74, 6) is -1.71. The molecule has 1 amide bonds. The number of nitrogens with zero attached hydrogens (tertiary/aromatic N) is 3. The molecule has 0 aliphatic heterocycles. The van der Waals surface area contributed by atoms with Crippen LogP contribution >= 0.6 is 0 Å². The largest absolute Gasteiger partial charge is 0.478 e. The van der Waals surface area contributed by atoms with Gasteiger partial charge in [-0.1, -0.05) is 0 Å². The Balaban J connectivity index is 2.27. The fraction of sp³-hybridized carbons (Fsp3) is 0. The van der Waals surface area contributed by atoms with E-state index < -0.39 is 11.9 Å². The zero-order chi connectivity index (χ0) is 13.0. The van der Waals surface area contributed by atoms with E-state index in [1.807, 2.05) is 0 Å². The van der Waals surface area contributed by atoms with Crippen LogP contribution in [-0.2, 0) is 0 Å². The van der Waals surface area contributed by atoms with Gasteiger partial charge in [0.15, 0.2) is 0 Å². The van der Waals surface area contributed by atoms with Gasteiger partial charge in [0.05, 0.1) is 11.1 Å². The maximum absolute atomic E-state index is 11.9. The number of carboxylic acids is 1. The monoisotopic (exact) mass is 244 g/mol. The van der Waals surface area contributed by atoms with E-state index in [0.717, 1.165) is 6.20 Å². The first-order valence-electron chi connectivity index (χ1n) is 4.94. The van der Waals surface area contributed by atoms with E-state index in [9.17, 15) is 9.59 Å². The van der Waals surface area contributed by atoms with E-state index in [2.05, 4.69) is 20.3 Å². The van der Waals surface area contributed by atoms with Crippen molar-refractivity contribution in [2.75, 3.05) is 5.32 Å². The zero-order valence-electron chi connectivity index (χ0n) is 9.07. The van der Waals surface area contributed by atoms with Crippen LogP contribution in [0.15, 0.2) is 36.9 Å². The number of pyridine rings is 1. The minimum Gasteiger partial charge on any atom is -0.478 e. The van der Waals surface area contributed by atoms with Gasteiger partial charge in [-0.05, 0) is 12.1 Å². The van der Waals surface area contributed by atoms with Crippen LogP contribution in [0, 0.1) is 0 Å². The number of nitrogens with one attached hydrogen (secondary N) is 1. The van der Waals surface area contributed by atoms with Crippen molar-refractivity contribution in [3.63, 3.8) is 0 Å². The normalized spacial score (nSPS) is 9.78. The van der Waals surface area contributed by atoms with Crippen LogP contribution in [-0.4, -0.2) is 31.9 Å². The first kappa shape index (κ1) is 11.6. The summed E-state index contributed by atoms with van der Waals surface area (Å²) in [4.78, 5) is 34.1. The van der Waals surface area contributed by atoms with Gasteiger partial charge in [0.2, 0.25) is 5.95 Å². The highest BCUT2D eigenvalue weighted by molar-refractivity contribution is 6.09. The molecule has 7 heteroatoms. The Kier molecular flexibility index (Phi) is 3.24. The summed E-state index contributed by atoms with van der Waals surface area (Å²) < 4.78 is 0. The number of carbonyl (C=O) groups excluding carboxylic acids is 1. The van der Waals surface area contributed by atoms with Gasteiger partial charge in [-0.3, -0.25) is 15.1 Å². The molecule has 90 valence electrons. The first-order valence-corrected chi connectivity index (χ1v) is 4.94. The molecule has 2 rings (SSSR count). The predicted octanol–water partition coefficient (Wildman–Crippen LogP) is 0.822. The third kappa shape index (κ3) is 2.46. The molecule has 0 unspecified atom stereocenters. The van der Waals surface area contributed by atoms with Gasteiger partial charge in [0, 0.05) is 24.8 Å². The molecule has 2 N–H and O–H groups in total. The van der Waals surface area contributed by atoms with Crippen molar-refractivity contribution in [2.24, 2.45) is 0 Å². The van der Waals surface area contributed by atoms with Gasteiger partial charge < -0.3 is 5.11 Å². The molecule has 0 aliphatic rings. The van der Waals surface area contributed by atoms with E-state index in [1.54, 1.807) is 6.07 Å². The minimum absolute atomic E-state index is 0.00459. The Hall–Kier alpha value is -2.83. The summed E-state index contributed by atoms with van der Waals surface area (Å²) in [5.41, 5.74) is -0.170. The van der Waals surface area contributed by atoms with Crippen LogP contribution in [0.1, 0.15) is 20.7 Å². The van der Waals surface area contributed by atoms with Crippen molar-refractivity contribution < 1.29 is 14.7 Å². The number of hydrogen-bond acceptors (Lipinski definition) is 5. The topological polar surface area (TPSA) is 105 Å². The van der Waals surface area contributed by atoms with E-state index in [-0.39, 0.29) is 17.1 Å². The molecule has 0 saturated heterocycles. The van der Waals surface area contributed by atoms with Crippen molar-refractivity contribution in [1.82, 2.24) is 15.0 Å². The second-order valence-electron chi connectivity index (χ2n) is 3.25.